The number of nitrogens with zero attached hydrogens (tertiary/aromatic N) is 4. The molecule has 0 aliphatic heterocycles. The van der Waals surface area contributed by atoms with E-state index in [1.807, 2.05) is 0 Å². The lowest BCUT2D eigenvalue weighted by atomic mass is 10.4. The van der Waals surface area contributed by atoms with Crippen LogP contribution >= 0.6 is 0 Å². The predicted octanol–water partition coefficient (Wildman–Crippen LogP) is 0.877. The van der Waals surface area contributed by atoms with Crippen LogP contribution in [-0.4, -0.2) is 27.2 Å². The van der Waals surface area contributed by atoms with Crippen molar-refractivity contribution < 1.29 is 4.52 Å². The van der Waals surface area contributed by atoms with Crippen LogP contribution in [0, 0.1) is 6.92 Å². The maximum absolute atomic E-state index is 4.86. The first-order chi connectivity index (χ1) is 6.81. The van der Waals surface area contributed by atoms with Crippen LogP contribution in [0.1, 0.15) is 5.89 Å². The molecule has 0 saturated heterocycles. The summed E-state index contributed by atoms with van der Waals surface area (Å²) in [5.41, 5.74) is 0.590. The van der Waals surface area contributed by atoms with E-state index in [-0.39, 0.29) is 0 Å². The lowest BCUT2D eigenvalue weighted by Crippen LogP contribution is -1.98. The minimum absolute atomic E-state index is 0.444. The van der Waals surface area contributed by atoms with Gasteiger partial charge < -0.3 is 9.84 Å². The molecule has 6 nitrogen and oxygen atoms in total. The summed E-state index contributed by atoms with van der Waals surface area (Å²) < 4.78 is 4.86. The van der Waals surface area contributed by atoms with Crippen molar-refractivity contribution in [2.45, 2.75) is 6.92 Å². The summed E-state index contributed by atoms with van der Waals surface area (Å²) in [5, 5.41) is 6.67. The summed E-state index contributed by atoms with van der Waals surface area (Å²) in [7, 11) is 1.76. The molecule has 0 saturated carbocycles. The van der Waals surface area contributed by atoms with Gasteiger partial charge in [-0.15, -0.1) is 0 Å². The fourth-order valence-electron chi connectivity index (χ4n) is 1.08. The van der Waals surface area contributed by atoms with Crippen molar-refractivity contribution in [3.63, 3.8) is 0 Å². The maximum Gasteiger partial charge on any atom is 0.224 e. The van der Waals surface area contributed by atoms with Gasteiger partial charge in [-0.05, 0) is 0 Å². The normalized spacial score (nSPS) is 10.1. The van der Waals surface area contributed by atoms with Crippen LogP contribution < -0.4 is 5.32 Å². The lowest BCUT2D eigenvalue weighted by molar-refractivity contribution is 0.394. The average molecular weight is 191 g/mol. The first-order valence-electron chi connectivity index (χ1n) is 4.10. The Morgan fingerprint density at radius 3 is 2.71 bits per heavy atom. The van der Waals surface area contributed by atoms with Gasteiger partial charge in [0.15, 0.2) is 11.5 Å². The second-order valence-corrected chi connectivity index (χ2v) is 2.64. The standard InChI is InChI=1S/C8H9N5O/c1-5-12-8(13-14-5)6-7(9-2)11-4-3-10-6/h3-4H,1-2H3,(H,9,11). The Kier molecular flexibility index (Phi) is 2.10. The summed E-state index contributed by atoms with van der Waals surface area (Å²) >= 11 is 0. The molecule has 14 heavy (non-hydrogen) atoms. The number of aromatic nitrogens is 4. The Morgan fingerprint density at radius 2 is 2.07 bits per heavy atom. The number of nitrogens with one attached hydrogen (secondary N) is 1. The third-order valence-corrected chi connectivity index (χ3v) is 1.67. The second kappa shape index (κ2) is 3.41. The van der Waals surface area contributed by atoms with Gasteiger partial charge in [0.05, 0.1) is 0 Å². The molecule has 2 aromatic rings. The molecule has 0 radical (unpaired) electrons. The lowest BCUT2D eigenvalue weighted by Gasteiger charge is -2.00. The van der Waals surface area contributed by atoms with E-state index in [4.69, 9.17) is 4.52 Å². The van der Waals surface area contributed by atoms with Crippen LogP contribution in [0.3, 0.4) is 0 Å². The third-order valence-electron chi connectivity index (χ3n) is 1.67. The van der Waals surface area contributed by atoms with E-state index < -0.39 is 0 Å². The van der Waals surface area contributed by atoms with Crippen LogP contribution in [-0.2, 0) is 0 Å². The molecule has 2 aromatic heterocycles. The van der Waals surface area contributed by atoms with Crippen molar-refractivity contribution in [1.29, 1.82) is 0 Å². The molecule has 1 N–H and O–H groups in total. The first kappa shape index (κ1) is 8.61. The second-order valence-electron chi connectivity index (χ2n) is 2.64. The van der Waals surface area contributed by atoms with E-state index in [0.717, 1.165) is 0 Å². The van der Waals surface area contributed by atoms with E-state index in [1.54, 1.807) is 26.4 Å². The van der Waals surface area contributed by atoms with Crippen molar-refractivity contribution in [1.82, 2.24) is 20.1 Å². The zero-order valence-corrected chi connectivity index (χ0v) is 7.85. The molecule has 2 heterocycles. The van der Waals surface area contributed by atoms with Crippen LogP contribution in [0.2, 0.25) is 0 Å². The highest BCUT2D eigenvalue weighted by molar-refractivity contribution is 5.64. The Hall–Kier alpha value is -1.98. The maximum atomic E-state index is 4.86. The van der Waals surface area contributed by atoms with E-state index in [0.29, 0.717) is 23.2 Å². The highest BCUT2D eigenvalue weighted by Gasteiger charge is 2.11. The van der Waals surface area contributed by atoms with Crippen molar-refractivity contribution in [3.8, 4) is 11.5 Å². The minimum atomic E-state index is 0.444. The van der Waals surface area contributed by atoms with Gasteiger partial charge in [0.2, 0.25) is 11.7 Å². The van der Waals surface area contributed by atoms with Gasteiger partial charge >= 0.3 is 0 Å². The molecule has 0 fully saturated rings. The summed E-state index contributed by atoms with van der Waals surface area (Å²) in [6.45, 7) is 1.73. The smallest absolute Gasteiger partial charge is 0.224 e. The van der Waals surface area contributed by atoms with Gasteiger partial charge in [-0.3, -0.25) is 0 Å². The van der Waals surface area contributed by atoms with Crippen LogP contribution in [0.4, 0.5) is 5.82 Å². The average Bonchev–Trinajstić information content (AvgIpc) is 2.65. The van der Waals surface area contributed by atoms with E-state index >= 15 is 0 Å². The molecule has 6 heteroatoms. The summed E-state index contributed by atoms with van der Waals surface area (Å²) in [6, 6.07) is 0. The largest absolute Gasteiger partial charge is 0.371 e. The predicted molar refractivity (Wildman–Crippen MR) is 49.6 cm³/mol. The van der Waals surface area contributed by atoms with Crippen LogP contribution in [0.5, 0.6) is 0 Å². The fourth-order valence-corrected chi connectivity index (χ4v) is 1.08. The van der Waals surface area contributed by atoms with Crippen LogP contribution in [0.25, 0.3) is 11.5 Å². The highest BCUT2D eigenvalue weighted by atomic mass is 16.5. The molecule has 0 spiro atoms. The molecule has 0 aliphatic rings. The molecule has 0 amide bonds. The Morgan fingerprint density at radius 1 is 1.29 bits per heavy atom. The third kappa shape index (κ3) is 1.41. The van der Waals surface area contributed by atoms with Gasteiger partial charge in [-0.1, -0.05) is 5.16 Å². The van der Waals surface area contributed by atoms with Crippen molar-refractivity contribution >= 4 is 5.82 Å². The monoisotopic (exact) mass is 191 g/mol. The number of anilines is 1. The summed E-state index contributed by atoms with van der Waals surface area (Å²) in [4.78, 5) is 12.3. The van der Waals surface area contributed by atoms with Crippen molar-refractivity contribution in [3.05, 3.63) is 18.3 Å². The molecule has 2 rings (SSSR count). The fraction of sp³-hybridized carbons (Fsp3) is 0.250. The zero-order chi connectivity index (χ0) is 9.97. The number of hydrogen-bond donors (Lipinski definition) is 1. The number of rotatable bonds is 2. The summed E-state index contributed by atoms with van der Waals surface area (Å²) in [5.74, 6) is 1.58. The Balaban J connectivity index is 2.50. The van der Waals surface area contributed by atoms with Crippen LogP contribution in [0.15, 0.2) is 16.9 Å². The van der Waals surface area contributed by atoms with E-state index in [1.165, 1.54) is 0 Å². The molecule has 0 unspecified atom stereocenters. The van der Waals surface area contributed by atoms with Gasteiger partial charge in [-0.25, -0.2) is 9.97 Å². The zero-order valence-electron chi connectivity index (χ0n) is 7.85. The molecule has 0 aliphatic carbocycles. The quantitative estimate of drug-likeness (QED) is 0.759. The Bertz CT molecular complexity index is 439. The minimum Gasteiger partial charge on any atom is -0.371 e. The topological polar surface area (TPSA) is 76.7 Å². The van der Waals surface area contributed by atoms with E-state index in [2.05, 4.69) is 25.4 Å². The van der Waals surface area contributed by atoms with Gasteiger partial charge in [0.25, 0.3) is 0 Å². The highest BCUT2D eigenvalue weighted by Crippen LogP contribution is 2.19. The molecule has 0 aromatic carbocycles. The number of aryl methyl sites for hydroxylation is 1. The first-order valence-corrected chi connectivity index (χ1v) is 4.10. The molecule has 0 atom stereocenters. The van der Waals surface area contributed by atoms with Gasteiger partial charge in [0.1, 0.15) is 0 Å². The molecule has 72 valence electrons. The van der Waals surface area contributed by atoms with Crippen molar-refractivity contribution in [2.24, 2.45) is 0 Å². The van der Waals surface area contributed by atoms with Gasteiger partial charge in [-0.2, -0.15) is 4.98 Å². The van der Waals surface area contributed by atoms with E-state index in [9.17, 15) is 0 Å². The number of hydrogen-bond acceptors (Lipinski definition) is 6. The molecule has 0 bridgehead atoms. The molecular weight excluding hydrogens is 182 g/mol. The van der Waals surface area contributed by atoms with Gasteiger partial charge in [0, 0.05) is 26.4 Å². The SMILES string of the molecule is CNc1nccnc1-c1noc(C)n1. The Labute approximate surface area is 80.4 Å². The van der Waals surface area contributed by atoms with Crippen molar-refractivity contribution in [2.75, 3.05) is 12.4 Å². The summed E-state index contributed by atoms with van der Waals surface area (Å²) in [6.07, 6.45) is 3.18. The molecular formula is C8H9N5O.